The summed E-state index contributed by atoms with van der Waals surface area (Å²) in [6, 6.07) is 13.0. The number of sulfonamides is 1. The van der Waals surface area contributed by atoms with E-state index in [4.69, 9.17) is 4.74 Å². The average Bonchev–Trinajstić information content (AvgIpc) is 2.76. The number of nitrogens with zero attached hydrogens (tertiary/aromatic N) is 2. The van der Waals surface area contributed by atoms with Gasteiger partial charge in [-0.15, -0.1) is 0 Å². The minimum absolute atomic E-state index is 0.0414. The van der Waals surface area contributed by atoms with Gasteiger partial charge in [0.2, 0.25) is 15.9 Å². The van der Waals surface area contributed by atoms with Crippen LogP contribution in [0.4, 0.5) is 5.69 Å². The Balaban J connectivity index is 1.52. The second-order valence-electron chi connectivity index (χ2n) is 8.03. The molecule has 0 aliphatic carbocycles. The van der Waals surface area contributed by atoms with E-state index in [1.54, 1.807) is 25.3 Å². The zero-order valence-electron chi connectivity index (χ0n) is 18.6. The first-order valence-corrected chi connectivity index (χ1v) is 11.9. The van der Waals surface area contributed by atoms with Gasteiger partial charge in [-0.1, -0.05) is 6.07 Å². The SMILES string of the molecule is COc1ccc(N2CCC(NC(=O)CN(C)S(=O)(=O)c3ccc(C)c(C)c3)CC2)cc1. The number of piperidine rings is 1. The Kier molecular flexibility index (Phi) is 7.23. The number of carbonyl (C=O) groups excluding carboxylic acids is 1. The topological polar surface area (TPSA) is 79.0 Å². The highest BCUT2D eigenvalue weighted by molar-refractivity contribution is 7.89. The predicted molar refractivity (Wildman–Crippen MR) is 122 cm³/mol. The van der Waals surface area contributed by atoms with Gasteiger partial charge in [0, 0.05) is 31.9 Å². The van der Waals surface area contributed by atoms with E-state index >= 15 is 0 Å². The van der Waals surface area contributed by atoms with E-state index in [1.165, 1.54) is 7.05 Å². The molecule has 1 aliphatic rings. The highest BCUT2D eigenvalue weighted by Crippen LogP contribution is 2.23. The number of rotatable bonds is 7. The van der Waals surface area contributed by atoms with Gasteiger partial charge in [0.25, 0.3) is 0 Å². The first kappa shape index (κ1) is 23.1. The third-order valence-corrected chi connectivity index (χ3v) is 7.65. The molecule has 1 heterocycles. The van der Waals surface area contributed by atoms with Crippen LogP contribution in [0.15, 0.2) is 47.4 Å². The number of nitrogens with one attached hydrogen (secondary N) is 1. The van der Waals surface area contributed by atoms with Crippen molar-refractivity contribution in [1.29, 1.82) is 0 Å². The highest BCUT2D eigenvalue weighted by Gasteiger charge is 2.26. The molecular weight excluding hydrogens is 414 g/mol. The van der Waals surface area contributed by atoms with Gasteiger partial charge in [0.05, 0.1) is 18.6 Å². The number of carbonyl (C=O) groups is 1. The number of likely N-dealkylation sites (N-methyl/N-ethyl adjacent to an activating group) is 1. The van der Waals surface area contributed by atoms with Crippen molar-refractivity contribution in [2.45, 2.75) is 37.6 Å². The molecule has 0 spiro atoms. The summed E-state index contributed by atoms with van der Waals surface area (Å²) in [5, 5.41) is 2.99. The molecule has 0 aromatic heterocycles. The zero-order valence-corrected chi connectivity index (χ0v) is 19.4. The molecule has 0 saturated carbocycles. The highest BCUT2D eigenvalue weighted by atomic mass is 32.2. The van der Waals surface area contributed by atoms with Crippen molar-refractivity contribution in [3.8, 4) is 5.75 Å². The molecule has 1 amide bonds. The summed E-state index contributed by atoms with van der Waals surface area (Å²) in [4.78, 5) is 15.0. The fourth-order valence-corrected chi connectivity index (χ4v) is 4.90. The second-order valence-corrected chi connectivity index (χ2v) is 10.1. The quantitative estimate of drug-likeness (QED) is 0.709. The lowest BCUT2D eigenvalue weighted by molar-refractivity contribution is -0.121. The molecule has 168 valence electrons. The summed E-state index contributed by atoms with van der Waals surface area (Å²) in [6.07, 6.45) is 1.62. The lowest BCUT2D eigenvalue weighted by Crippen LogP contribution is -2.47. The van der Waals surface area contributed by atoms with Crippen LogP contribution in [0.25, 0.3) is 0 Å². The summed E-state index contributed by atoms with van der Waals surface area (Å²) < 4.78 is 31.9. The Morgan fingerprint density at radius 1 is 1.10 bits per heavy atom. The number of aryl methyl sites for hydroxylation is 2. The molecule has 0 unspecified atom stereocenters. The summed E-state index contributed by atoms with van der Waals surface area (Å²) in [5.74, 6) is 0.545. The molecular formula is C23H31N3O4S. The van der Waals surface area contributed by atoms with E-state index in [0.717, 1.165) is 52.8 Å². The molecule has 2 aromatic carbocycles. The van der Waals surface area contributed by atoms with Gasteiger partial charge < -0.3 is 15.0 Å². The first-order valence-electron chi connectivity index (χ1n) is 10.4. The Morgan fingerprint density at radius 2 is 1.74 bits per heavy atom. The lowest BCUT2D eigenvalue weighted by atomic mass is 10.0. The molecule has 0 radical (unpaired) electrons. The fraction of sp³-hybridized carbons (Fsp3) is 0.435. The molecule has 3 rings (SSSR count). The van der Waals surface area contributed by atoms with Crippen molar-refractivity contribution < 1.29 is 17.9 Å². The first-order chi connectivity index (χ1) is 14.7. The van der Waals surface area contributed by atoms with Gasteiger partial charge in [0.15, 0.2) is 0 Å². The van der Waals surface area contributed by atoms with Gasteiger partial charge in [-0.25, -0.2) is 8.42 Å². The summed E-state index contributed by atoms with van der Waals surface area (Å²) in [6.45, 7) is 5.26. The number of ether oxygens (including phenoxy) is 1. The molecule has 1 N–H and O–H groups in total. The Labute approximate surface area is 185 Å². The van der Waals surface area contributed by atoms with E-state index in [1.807, 2.05) is 38.1 Å². The number of hydrogen-bond donors (Lipinski definition) is 1. The molecule has 31 heavy (non-hydrogen) atoms. The van der Waals surface area contributed by atoms with Gasteiger partial charge in [-0.2, -0.15) is 4.31 Å². The monoisotopic (exact) mass is 445 g/mol. The van der Waals surface area contributed by atoms with Gasteiger partial charge in [-0.05, 0) is 74.2 Å². The Bertz CT molecular complexity index is 1010. The maximum absolute atomic E-state index is 12.8. The van der Waals surface area contributed by atoms with Crippen LogP contribution in [-0.2, 0) is 14.8 Å². The van der Waals surface area contributed by atoms with Crippen LogP contribution in [0, 0.1) is 13.8 Å². The number of anilines is 1. The van der Waals surface area contributed by atoms with Crippen molar-refractivity contribution in [1.82, 2.24) is 9.62 Å². The van der Waals surface area contributed by atoms with Crippen LogP contribution in [0.3, 0.4) is 0 Å². The van der Waals surface area contributed by atoms with Gasteiger partial charge in [0.1, 0.15) is 5.75 Å². The fourth-order valence-electron chi connectivity index (χ4n) is 3.69. The number of hydrogen-bond acceptors (Lipinski definition) is 5. The maximum Gasteiger partial charge on any atom is 0.243 e. The van der Waals surface area contributed by atoms with Crippen LogP contribution < -0.4 is 15.0 Å². The Morgan fingerprint density at radius 3 is 2.32 bits per heavy atom. The normalized spacial score (nSPS) is 15.2. The van der Waals surface area contributed by atoms with Crippen LogP contribution in [-0.4, -0.2) is 58.5 Å². The maximum atomic E-state index is 12.8. The minimum atomic E-state index is -3.71. The van der Waals surface area contributed by atoms with E-state index in [-0.39, 0.29) is 23.4 Å². The third kappa shape index (κ3) is 5.57. The van der Waals surface area contributed by atoms with Crippen LogP contribution in [0.1, 0.15) is 24.0 Å². The largest absolute Gasteiger partial charge is 0.497 e. The van der Waals surface area contributed by atoms with Crippen LogP contribution in [0.5, 0.6) is 5.75 Å². The summed E-state index contributed by atoms with van der Waals surface area (Å²) in [5.41, 5.74) is 3.06. The lowest BCUT2D eigenvalue weighted by Gasteiger charge is -2.34. The smallest absolute Gasteiger partial charge is 0.243 e. The van der Waals surface area contributed by atoms with Crippen molar-refractivity contribution >= 4 is 21.6 Å². The van der Waals surface area contributed by atoms with Crippen molar-refractivity contribution in [3.63, 3.8) is 0 Å². The Hall–Kier alpha value is -2.58. The predicted octanol–water partition coefficient (Wildman–Crippen LogP) is 2.72. The third-order valence-electron chi connectivity index (χ3n) is 5.85. The molecule has 0 atom stereocenters. The summed E-state index contributed by atoms with van der Waals surface area (Å²) >= 11 is 0. The molecule has 1 aliphatic heterocycles. The van der Waals surface area contributed by atoms with E-state index in [0.29, 0.717) is 0 Å². The molecule has 8 heteroatoms. The molecule has 7 nitrogen and oxygen atoms in total. The second kappa shape index (κ2) is 9.70. The van der Waals surface area contributed by atoms with Gasteiger partial charge in [-0.3, -0.25) is 4.79 Å². The minimum Gasteiger partial charge on any atom is -0.497 e. The van der Waals surface area contributed by atoms with Crippen LogP contribution >= 0.6 is 0 Å². The van der Waals surface area contributed by atoms with Crippen molar-refractivity contribution in [2.75, 3.05) is 38.7 Å². The van der Waals surface area contributed by atoms with Crippen molar-refractivity contribution in [3.05, 3.63) is 53.6 Å². The standard InChI is InChI=1S/C23H31N3O4S/c1-17-5-10-22(15-18(17)2)31(28,29)25(3)16-23(27)24-19-11-13-26(14-12-19)20-6-8-21(30-4)9-7-20/h5-10,15,19H,11-14,16H2,1-4H3,(H,24,27). The number of amides is 1. The van der Waals surface area contributed by atoms with Gasteiger partial charge >= 0.3 is 0 Å². The number of benzene rings is 2. The summed E-state index contributed by atoms with van der Waals surface area (Å²) in [7, 11) is -0.623. The number of methoxy groups -OCH3 is 1. The van der Waals surface area contributed by atoms with E-state index < -0.39 is 10.0 Å². The molecule has 0 bridgehead atoms. The molecule has 2 aromatic rings. The van der Waals surface area contributed by atoms with Crippen molar-refractivity contribution in [2.24, 2.45) is 0 Å². The molecule has 1 saturated heterocycles. The molecule has 1 fully saturated rings. The van der Waals surface area contributed by atoms with E-state index in [9.17, 15) is 13.2 Å². The van der Waals surface area contributed by atoms with E-state index in [2.05, 4.69) is 10.2 Å². The zero-order chi connectivity index (χ0) is 22.6. The van der Waals surface area contributed by atoms with Crippen LogP contribution in [0.2, 0.25) is 0 Å². The average molecular weight is 446 g/mol.